The number of hydrogen-bond donors (Lipinski definition) is 1. The molecule has 2 rings (SSSR count). The molecule has 0 aliphatic carbocycles. The van der Waals surface area contributed by atoms with Gasteiger partial charge in [0.05, 0.1) is 4.92 Å². The summed E-state index contributed by atoms with van der Waals surface area (Å²) in [7, 11) is 0. The van der Waals surface area contributed by atoms with Crippen LogP contribution in [0.4, 0.5) is 11.4 Å². The van der Waals surface area contributed by atoms with Crippen molar-refractivity contribution >= 4 is 38.9 Å². The van der Waals surface area contributed by atoms with E-state index in [4.69, 9.17) is 11.6 Å². The van der Waals surface area contributed by atoms with Crippen LogP contribution in [0.3, 0.4) is 0 Å². The number of rotatable bonds is 4. The molecule has 0 aromatic heterocycles. The molecular weight excluding hydrogens is 344 g/mol. The molecule has 0 amide bonds. The Balaban J connectivity index is 2.27. The molecule has 1 unspecified atom stereocenters. The number of anilines is 1. The largest absolute Gasteiger partial charge is 0.373 e. The second kappa shape index (κ2) is 6.24. The van der Waals surface area contributed by atoms with E-state index in [-0.39, 0.29) is 11.7 Å². The van der Waals surface area contributed by atoms with E-state index in [1.165, 1.54) is 6.07 Å². The summed E-state index contributed by atoms with van der Waals surface area (Å²) in [6.45, 7) is 1.94. The third-order valence-electron chi connectivity index (χ3n) is 2.90. The number of hydrogen-bond acceptors (Lipinski definition) is 3. The Morgan fingerprint density at radius 2 is 1.90 bits per heavy atom. The predicted molar refractivity (Wildman–Crippen MR) is 84.3 cm³/mol. The molecule has 0 aliphatic rings. The molecule has 1 N–H and O–H groups in total. The molecule has 0 radical (unpaired) electrons. The predicted octanol–water partition coefficient (Wildman–Crippen LogP) is 5.18. The Morgan fingerprint density at radius 3 is 2.50 bits per heavy atom. The van der Waals surface area contributed by atoms with E-state index in [0.29, 0.717) is 10.7 Å². The van der Waals surface area contributed by atoms with Crippen molar-refractivity contribution in [3.05, 3.63) is 67.6 Å². The molecule has 4 nitrogen and oxygen atoms in total. The second-order valence-electron chi connectivity index (χ2n) is 4.34. The Bertz CT molecular complexity index is 632. The van der Waals surface area contributed by atoms with Gasteiger partial charge in [0.15, 0.2) is 0 Å². The summed E-state index contributed by atoms with van der Waals surface area (Å²) in [6, 6.07) is 12.1. The lowest BCUT2D eigenvalue weighted by atomic mass is 10.1. The van der Waals surface area contributed by atoms with Crippen molar-refractivity contribution in [1.29, 1.82) is 0 Å². The molecule has 0 aliphatic heterocycles. The summed E-state index contributed by atoms with van der Waals surface area (Å²) >= 11 is 9.17. The smallest absolute Gasteiger partial charge is 0.292 e. The Morgan fingerprint density at radius 1 is 1.25 bits per heavy atom. The lowest BCUT2D eigenvalue weighted by Crippen LogP contribution is -2.08. The normalized spacial score (nSPS) is 11.9. The molecule has 0 saturated heterocycles. The maximum Gasteiger partial charge on any atom is 0.292 e. The zero-order valence-corrected chi connectivity index (χ0v) is 13.0. The van der Waals surface area contributed by atoms with E-state index in [9.17, 15) is 10.1 Å². The summed E-state index contributed by atoms with van der Waals surface area (Å²) in [6.07, 6.45) is 0. The van der Waals surface area contributed by atoms with Crippen LogP contribution in [0.5, 0.6) is 0 Å². The summed E-state index contributed by atoms with van der Waals surface area (Å²) in [4.78, 5) is 10.6. The number of nitrogens with zero attached hydrogens (tertiary/aromatic N) is 1. The monoisotopic (exact) mass is 354 g/mol. The first kappa shape index (κ1) is 14.8. The Labute approximate surface area is 130 Å². The van der Waals surface area contributed by atoms with E-state index in [1.807, 2.05) is 19.1 Å². The fourth-order valence-electron chi connectivity index (χ4n) is 1.85. The summed E-state index contributed by atoms with van der Waals surface area (Å²) in [5.74, 6) is 0. The average Bonchev–Trinajstić information content (AvgIpc) is 2.39. The van der Waals surface area contributed by atoms with Gasteiger partial charge in [0, 0.05) is 21.6 Å². The lowest BCUT2D eigenvalue weighted by molar-refractivity contribution is -0.384. The van der Waals surface area contributed by atoms with Crippen molar-refractivity contribution in [3.8, 4) is 0 Å². The van der Waals surface area contributed by atoms with Gasteiger partial charge in [-0.05, 0) is 36.8 Å². The lowest BCUT2D eigenvalue weighted by Gasteiger charge is -2.16. The van der Waals surface area contributed by atoms with E-state index in [0.717, 1.165) is 10.0 Å². The Kier molecular flexibility index (Phi) is 4.62. The van der Waals surface area contributed by atoms with Gasteiger partial charge in [-0.3, -0.25) is 10.1 Å². The first-order valence-electron chi connectivity index (χ1n) is 5.93. The zero-order chi connectivity index (χ0) is 14.7. The molecule has 2 aromatic rings. The third-order valence-corrected chi connectivity index (χ3v) is 3.64. The molecule has 0 fully saturated rings. The molecule has 0 bridgehead atoms. The van der Waals surface area contributed by atoms with Crippen molar-refractivity contribution in [2.24, 2.45) is 0 Å². The SMILES string of the molecule is CC(Nc1cc(Br)ccc1[N+](=O)[O-])c1ccc(Cl)cc1. The van der Waals surface area contributed by atoms with E-state index < -0.39 is 4.92 Å². The zero-order valence-electron chi connectivity index (χ0n) is 10.6. The third kappa shape index (κ3) is 3.49. The van der Waals surface area contributed by atoms with Crippen LogP contribution in [0.2, 0.25) is 5.02 Å². The average molecular weight is 356 g/mol. The summed E-state index contributed by atoms with van der Waals surface area (Å²) in [5.41, 5.74) is 1.53. The van der Waals surface area contributed by atoms with Gasteiger partial charge in [0.2, 0.25) is 0 Å². The van der Waals surface area contributed by atoms with Crippen LogP contribution in [0, 0.1) is 10.1 Å². The van der Waals surface area contributed by atoms with Crippen LogP contribution >= 0.6 is 27.5 Å². The topological polar surface area (TPSA) is 55.2 Å². The molecule has 104 valence electrons. The van der Waals surface area contributed by atoms with Gasteiger partial charge in [-0.15, -0.1) is 0 Å². The van der Waals surface area contributed by atoms with E-state index in [2.05, 4.69) is 21.2 Å². The molecule has 0 spiro atoms. The number of nitrogens with one attached hydrogen (secondary N) is 1. The van der Waals surface area contributed by atoms with Crippen LogP contribution in [0.1, 0.15) is 18.5 Å². The van der Waals surface area contributed by atoms with Gasteiger partial charge in [0.25, 0.3) is 5.69 Å². The van der Waals surface area contributed by atoms with E-state index >= 15 is 0 Å². The highest BCUT2D eigenvalue weighted by Crippen LogP contribution is 2.31. The highest BCUT2D eigenvalue weighted by atomic mass is 79.9. The van der Waals surface area contributed by atoms with Gasteiger partial charge in [-0.25, -0.2) is 0 Å². The highest BCUT2D eigenvalue weighted by molar-refractivity contribution is 9.10. The van der Waals surface area contributed by atoms with Crippen molar-refractivity contribution in [3.63, 3.8) is 0 Å². The fraction of sp³-hybridized carbons (Fsp3) is 0.143. The molecule has 1 atom stereocenters. The minimum Gasteiger partial charge on any atom is -0.373 e. The standard InChI is InChI=1S/C14H12BrClN2O2/c1-9(10-2-5-12(16)6-3-10)17-13-8-11(15)4-7-14(13)18(19)20/h2-9,17H,1H3. The van der Waals surface area contributed by atoms with Gasteiger partial charge < -0.3 is 5.32 Å². The molecular formula is C14H12BrClN2O2. The maximum atomic E-state index is 11.0. The summed E-state index contributed by atoms with van der Waals surface area (Å²) in [5, 5.41) is 14.8. The molecule has 6 heteroatoms. The van der Waals surface area contributed by atoms with Crippen LogP contribution in [0.25, 0.3) is 0 Å². The second-order valence-corrected chi connectivity index (χ2v) is 5.69. The minimum atomic E-state index is -0.399. The number of nitro benzene ring substituents is 1. The molecule has 0 heterocycles. The van der Waals surface area contributed by atoms with Crippen molar-refractivity contribution < 1.29 is 4.92 Å². The van der Waals surface area contributed by atoms with E-state index in [1.54, 1.807) is 24.3 Å². The molecule has 0 saturated carbocycles. The first-order chi connectivity index (χ1) is 9.47. The highest BCUT2D eigenvalue weighted by Gasteiger charge is 2.16. The minimum absolute atomic E-state index is 0.0500. The van der Waals surface area contributed by atoms with Crippen LogP contribution in [-0.2, 0) is 0 Å². The first-order valence-corrected chi connectivity index (χ1v) is 7.10. The van der Waals surface area contributed by atoms with Crippen molar-refractivity contribution in [1.82, 2.24) is 0 Å². The van der Waals surface area contributed by atoms with Gasteiger partial charge >= 0.3 is 0 Å². The van der Waals surface area contributed by atoms with Crippen LogP contribution < -0.4 is 5.32 Å². The van der Waals surface area contributed by atoms with Crippen molar-refractivity contribution in [2.45, 2.75) is 13.0 Å². The number of nitro groups is 1. The molecule has 20 heavy (non-hydrogen) atoms. The quantitative estimate of drug-likeness (QED) is 0.607. The van der Waals surface area contributed by atoms with Gasteiger partial charge in [0.1, 0.15) is 5.69 Å². The summed E-state index contributed by atoms with van der Waals surface area (Å²) < 4.78 is 0.786. The maximum absolute atomic E-state index is 11.0. The van der Waals surface area contributed by atoms with Gasteiger partial charge in [-0.2, -0.15) is 0 Å². The van der Waals surface area contributed by atoms with Crippen LogP contribution in [0.15, 0.2) is 46.9 Å². The van der Waals surface area contributed by atoms with Gasteiger partial charge in [-0.1, -0.05) is 39.7 Å². The number of halogens is 2. The number of benzene rings is 2. The molecule has 2 aromatic carbocycles. The Hall–Kier alpha value is -1.59. The fourth-order valence-corrected chi connectivity index (χ4v) is 2.34. The van der Waals surface area contributed by atoms with Crippen LogP contribution in [-0.4, -0.2) is 4.92 Å². The van der Waals surface area contributed by atoms with Crippen molar-refractivity contribution in [2.75, 3.05) is 5.32 Å².